The molecule has 1 aromatic carbocycles. The summed E-state index contributed by atoms with van der Waals surface area (Å²) < 4.78 is 37.0. The van der Waals surface area contributed by atoms with Crippen LogP contribution in [-0.2, 0) is 27.7 Å². The lowest BCUT2D eigenvalue weighted by Crippen LogP contribution is -2.32. The summed E-state index contributed by atoms with van der Waals surface area (Å²) in [6, 6.07) is 7.07. The number of rotatable bonds is 5. The molecule has 0 radical (unpaired) electrons. The summed E-state index contributed by atoms with van der Waals surface area (Å²) in [5, 5.41) is 6.75. The van der Waals surface area contributed by atoms with Gasteiger partial charge < -0.3 is 11.1 Å². The van der Waals surface area contributed by atoms with Crippen LogP contribution in [0.4, 0.5) is 10.2 Å². The van der Waals surface area contributed by atoms with E-state index in [1.54, 1.807) is 10.7 Å². The van der Waals surface area contributed by atoms with E-state index < -0.39 is 21.6 Å². The van der Waals surface area contributed by atoms with Gasteiger partial charge in [0.2, 0.25) is 6.41 Å². The largest absolute Gasteiger partial charge is 0.365 e. The number of carbonyl (C=O) groups excluding carboxylic acids is 2. The molecular formula is C21H22ClFN6O4S. The van der Waals surface area contributed by atoms with Gasteiger partial charge in [0, 0.05) is 31.1 Å². The number of sulfone groups is 1. The first-order valence-corrected chi connectivity index (χ1v) is 12.2. The summed E-state index contributed by atoms with van der Waals surface area (Å²) in [7, 11) is -1.25. The number of hydrogen-bond acceptors (Lipinski definition) is 7. The molecule has 0 aliphatic carbocycles. The number of carbonyl (C=O) groups is 2. The Bertz CT molecular complexity index is 1330. The number of nitrogens with one attached hydrogen (secondary N) is 1. The van der Waals surface area contributed by atoms with E-state index in [0.717, 1.165) is 18.5 Å². The van der Waals surface area contributed by atoms with Crippen LogP contribution in [0.1, 0.15) is 16.1 Å². The van der Waals surface area contributed by atoms with Gasteiger partial charge in [-0.05, 0) is 37.4 Å². The topological polar surface area (TPSA) is 140 Å². The number of amides is 2. The number of pyridine rings is 1. The van der Waals surface area contributed by atoms with Crippen molar-refractivity contribution in [3.05, 3.63) is 58.6 Å². The molecule has 3 heterocycles. The van der Waals surface area contributed by atoms with Crippen molar-refractivity contribution >= 4 is 39.6 Å². The molecule has 0 saturated heterocycles. The Kier molecular flexibility index (Phi) is 7.64. The van der Waals surface area contributed by atoms with Gasteiger partial charge in [-0.15, -0.1) is 0 Å². The molecule has 0 spiro atoms. The molecule has 3 N–H and O–H groups in total. The second-order valence-electron chi connectivity index (χ2n) is 7.54. The number of nitrogens with zero attached hydrogens (tertiary/aromatic N) is 4. The number of benzene rings is 1. The SMILES string of the molecule is CN1CCn2nc(-c3ccc(F)c(Cl)c3)c(C(N)=O)c2C1.CS(=O)(=O)c1ccc(NC=O)nc1. The third kappa shape index (κ3) is 5.76. The Balaban J connectivity index is 0.000000215. The van der Waals surface area contributed by atoms with Gasteiger partial charge >= 0.3 is 0 Å². The third-order valence-corrected chi connectivity index (χ3v) is 6.37. The zero-order valence-electron chi connectivity index (χ0n) is 18.3. The van der Waals surface area contributed by atoms with Crippen LogP contribution >= 0.6 is 11.6 Å². The molecule has 4 rings (SSSR count). The second kappa shape index (κ2) is 10.3. The first kappa shape index (κ1) is 25.3. The van der Waals surface area contributed by atoms with Gasteiger partial charge in [-0.2, -0.15) is 5.10 Å². The van der Waals surface area contributed by atoms with Crippen molar-refractivity contribution in [1.82, 2.24) is 19.7 Å². The molecule has 0 bridgehead atoms. The molecule has 10 nitrogen and oxygen atoms in total. The lowest BCUT2D eigenvalue weighted by atomic mass is 10.0. The second-order valence-corrected chi connectivity index (χ2v) is 9.96. The maximum absolute atomic E-state index is 13.3. The van der Waals surface area contributed by atoms with Gasteiger partial charge in [0.15, 0.2) is 9.84 Å². The van der Waals surface area contributed by atoms with Crippen LogP contribution in [0.15, 0.2) is 41.4 Å². The Morgan fingerprint density at radius 2 is 2.00 bits per heavy atom. The highest BCUT2D eigenvalue weighted by Gasteiger charge is 2.26. The minimum atomic E-state index is -3.21. The molecule has 0 saturated carbocycles. The Labute approximate surface area is 200 Å². The van der Waals surface area contributed by atoms with Crippen LogP contribution in [0.25, 0.3) is 11.3 Å². The molecule has 2 aromatic heterocycles. The standard InChI is InChI=1S/C14H14ClFN4O.C7H8N2O3S/c1-19-4-5-20-11(7-19)12(14(17)21)13(18-20)8-2-3-10(16)9(15)6-8;1-13(11,12)6-2-3-7(8-4-6)9-5-10/h2-3,6H,4-5,7H2,1H3,(H2,17,21);2-5H,1H3,(H,8,9,10). The summed E-state index contributed by atoms with van der Waals surface area (Å²) in [5.74, 6) is -0.728. The van der Waals surface area contributed by atoms with Gasteiger partial charge in [-0.25, -0.2) is 17.8 Å². The maximum atomic E-state index is 13.3. The average molecular weight is 509 g/mol. The molecule has 3 aromatic rings. The van der Waals surface area contributed by atoms with Gasteiger partial charge in [0.25, 0.3) is 5.91 Å². The van der Waals surface area contributed by atoms with Gasteiger partial charge in [-0.3, -0.25) is 19.2 Å². The van der Waals surface area contributed by atoms with E-state index in [1.807, 2.05) is 7.05 Å². The lowest BCUT2D eigenvalue weighted by Gasteiger charge is -2.23. The predicted molar refractivity (Wildman–Crippen MR) is 125 cm³/mol. The van der Waals surface area contributed by atoms with Crippen LogP contribution in [-0.4, -0.2) is 60.2 Å². The minimum Gasteiger partial charge on any atom is -0.365 e. The molecule has 0 fully saturated rings. The lowest BCUT2D eigenvalue weighted by molar-refractivity contribution is -0.105. The fourth-order valence-corrected chi connectivity index (χ4v) is 4.03. The quantitative estimate of drug-likeness (QED) is 0.502. The van der Waals surface area contributed by atoms with E-state index in [1.165, 1.54) is 30.5 Å². The van der Waals surface area contributed by atoms with Gasteiger partial charge in [0.1, 0.15) is 17.3 Å². The fraction of sp³-hybridized carbons (Fsp3) is 0.238. The van der Waals surface area contributed by atoms with E-state index in [-0.39, 0.29) is 9.92 Å². The molecule has 34 heavy (non-hydrogen) atoms. The third-order valence-electron chi connectivity index (χ3n) is 4.98. The van der Waals surface area contributed by atoms with Crippen LogP contribution in [0.3, 0.4) is 0 Å². The van der Waals surface area contributed by atoms with E-state index in [0.29, 0.717) is 42.1 Å². The molecule has 1 aliphatic rings. The van der Waals surface area contributed by atoms with Crippen LogP contribution in [0.2, 0.25) is 5.02 Å². The highest BCUT2D eigenvalue weighted by atomic mass is 35.5. The minimum absolute atomic E-state index is 0.00832. The highest BCUT2D eigenvalue weighted by molar-refractivity contribution is 7.90. The monoisotopic (exact) mass is 508 g/mol. The van der Waals surface area contributed by atoms with Crippen molar-refractivity contribution in [2.45, 2.75) is 18.0 Å². The Morgan fingerprint density at radius 1 is 1.26 bits per heavy atom. The molecular weight excluding hydrogens is 487 g/mol. The first-order chi connectivity index (χ1) is 16.0. The molecule has 1 aliphatic heterocycles. The van der Waals surface area contributed by atoms with Crippen LogP contribution < -0.4 is 11.1 Å². The normalized spacial score (nSPS) is 13.4. The van der Waals surface area contributed by atoms with Crippen molar-refractivity contribution in [2.24, 2.45) is 5.73 Å². The number of primary amides is 1. The van der Waals surface area contributed by atoms with Crippen LogP contribution in [0, 0.1) is 5.82 Å². The average Bonchev–Trinajstić information content (AvgIpc) is 3.15. The van der Waals surface area contributed by atoms with Crippen molar-refractivity contribution in [3.63, 3.8) is 0 Å². The number of aromatic nitrogens is 3. The van der Waals surface area contributed by atoms with Gasteiger partial charge in [0.05, 0.1) is 27.7 Å². The van der Waals surface area contributed by atoms with E-state index in [2.05, 4.69) is 20.3 Å². The fourth-order valence-electron chi connectivity index (χ4n) is 3.29. The number of halogens is 2. The van der Waals surface area contributed by atoms with Gasteiger partial charge in [-0.1, -0.05) is 11.6 Å². The molecule has 13 heteroatoms. The van der Waals surface area contributed by atoms with Crippen molar-refractivity contribution in [2.75, 3.05) is 25.2 Å². The highest BCUT2D eigenvalue weighted by Crippen LogP contribution is 2.30. The number of anilines is 1. The molecule has 0 unspecified atom stereocenters. The first-order valence-electron chi connectivity index (χ1n) is 9.91. The van der Waals surface area contributed by atoms with E-state index in [4.69, 9.17) is 17.3 Å². The molecule has 0 atom stereocenters. The van der Waals surface area contributed by atoms with Crippen molar-refractivity contribution < 1.29 is 22.4 Å². The molecule has 2 amide bonds. The smallest absolute Gasteiger partial charge is 0.252 e. The predicted octanol–water partition coefficient (Wildman–Crippen LogP) is 1.94. The summed E-state index contributed by atoms with van der Waals surface area (Å²) in [6.07, 6.45) is 2.76. The maximum Gasteiger partial charge on any atom is 0.252 e. The zero-order chi connectivity index (χ0) is 25.0. The summed E-state index contributed by atoms with van der Waals surface area (Å²) in [5.41, 5.74) is 7.72. The Morgan fingerprint density at radius 3 is 2.56 bits per heavy atom. The number of fused-ring (bicyclic) bond motifs is 1. The number of likely N-dealkylation sites (N-methyl/N-ethyl adjacent to an activating group) is 1. The summed E-state index contributed by atoms with van der Waals surface area (Å²) in [4.78, 5) is 27.7. The number of nitrogens with two attached hydrogens (primary N) is 1. The van der Waals surface area contributed by atoms with Crippen LogP contribution in [0.5, 0.6) is 0 Å². The number of hydrogen-bond donors (Lipinski definition) is 2. The van der Waals surface area contributed by atoms with E-state index in [9.17, 15) is 22.4 Å². The van der Waals surface area contributed by atoms with E-state index >= 15 is 0 Å². The molecule has 180 valence electrons. The van der Waals surface area contributed by atoms with Crippen molar-refractivity contribution in [3.8, 4) is 11.3 Å². The zero-order valence-corrected chi connectivity index (χ0v) is 19.9. The van der Waals surface area contributed by atoms with Crippen molar-refractivity contribution in [1.29, 1.82) is 0 Å². The Hall–Kier alpha value is -3.35. The summed E-state index contributed by atoms with van der Waals surface area (Å²) >= 11 is 5.81. The summed E-state index contributed by atoms with van der Waals surface area (Å²) in [6.45, 7) is 2.12.